The highest BCUT2D eigenvalue weighted by molar-refractivity contribution is 6.77. The maximum atomic E-state index is 9.91. The van der Waals surface area contributed by atoms with Crippen LogP contribution in [0, 0.1) is 0 Å². The summed E-state index contributed by atoms with van der Waals surface area (Å²) in [5.41, 5.74) is 0. The van der Waals surface area contributed by atoms with Crippen molar-refractivity contribution < 1.29 is 19.1 Å². The van der Waals surface area contributed by atoms with Gasteiger partial charge in [-0.15, -0.1) is 0 Å². The maximum absolute atomic E-state index is 9.91. The molecular formula is C15H38O4Si3. The van der Waals surface area contributed by atoms with Crippen LogP contribution in [0.15, 0.2) is 0 Å². The molecule has 0 aromatic carbocycles. The van der Waals surface area contributed by atoms with E-state index in [0.29, 0.717) is 6.61 Å². The van der Waals surface area contributed by atoms with Crippen LogP contribution in [0.3, 0.4) is 0 Å². The van der Waals surface area contributed by atoms with Gasteiger partial charge in [0.05, 0.1) is 12.7 Å². The third-order valence-electron chi connectivity index (χ3n) is 3.44. The second kappa shape index (κ2) is 10.4. The van der Waals surface area contributed by atoms with Gasteiger partial charge < -0.3 is 19.1 Å². The number of hydrogen-bond acceptors (Lipinski definition) is 4. The Balaban J connectivity index is 4.08. The van der Waals surface area contributed by atoms with Gasteiger partial charge in [-0.05, 0) is 45.1 Å². The predicted molar refractivity (Wildman–Crippen MR) is 102 cm³/mol. The summed E-state index contributed by atoms with van der Waals surface area (Å²) in [7, 11) is -3.65. The minimum absolute atomic E-state index is 0.222. The summed E-state index contributed by atoms with van der Waals surface area (Å²) in [6, 6.07) is 2.22. The van der Waals surface area contributed by atoms with Gasteiger partial charge in [0, 0.05) is 14.7 Å². The Labute approximate surface area is 141 Å². The van der Waals surface area contributed by atoms with E-state index >= 15 is 0 Å². The summed E-state index contributed by atoms with van der Waals surface area (Å²) in [6.45, 7) is 16.3. The highest BCUT2D eigenvalue weighted by Crippen LogP contribution is 2.17. The second-order valence-corrected chi connectivity index (χ2v) is 21.4. The van der Waals surface area contributed by atoms with Gasteiger partial charge in [0.15, 0.2) is 17.4 Å². The van der Waals surface area contributed by atoms with E-state index in [0.717, 1.165) is 24.9 Å². The lowest BCUT2D eigenvalue weighted by molar-refractivity contribution is -0.0589. The lowest BCUT2D eigenvalue weighted by Crippen LogP contribution is -2.35. The van der Waals surface area contributed by atoms with E-state index in [2.05, 4.69) is 45.8 Å². The van der Waals surface area contributed by atoms with Gasteiger partial charge in [0.2, 0.25) is 0 Å². The molecule has 4 nitrogen and oxygen atoms in total. The molecule has 0 heterocycles. The lowest BCUT2D eigenvalue weighted by atomic mass is 10.1. The van der Waals surface area contributed by atoms with Crippen LogP contribution in [0.2, 0.25) is 57.9 Å². The summed E-state index contributed by atoms with van der Waals surface area (Å²) in [6.07, 6.45) is 0.839. The number of hydrogen-bond donors (Lipinski definition) is 2. The molecular weight excluding hydrogens is 328 g/mol. The molecule has 0 amide bonds. The Morgan fingerprint density at radius 3 is 2.14 bits per heavy atom. The first-order valence-corrected chi connectivity index (χ1v) is 18.1. The Kier molecular flexibility index (Phi) is 10.6. The third kappa shape index (κ3) is 13.0. The smallest absolute Gasteiger partial charge is 0.170 e. The lowest BCUT2D eigenvalue weighted by Gasteiger charge is -2.26. The van der Waals surface area contributed by atoms with Gasteiger partial charge in [0.1, 0.15) is 6.10 Å². The van der Waals surface area contributed by atoms with Gasteiger partial charge in [-0.25, -0.2) is 0 Å². The van der Waals surface area contributed by atoms with Gasteiger partial charge in [-0.2, -0.15) is 0 Å². The van der Waals surface area contributed by atoms with Crippen molar-refractivity contribution in [2.24, 2.45) is 0 Å². The predicted octanol–water partition coefficient (Wildman–Crippen LogP) is 3.05. The SMILES string of the molecule is C[SiH](CCCOC(CC[Si](C)(C)C)C(O)CO)O[Si](C)(C)C. The van der Waals surface area contributed by atoms with Crippen LogP contribution in [0.5, 0.6) is 0 Å². The van der Waals surface area contributed by atoms with E-state index in [4.69, 9.17) is 8.85 Å². The zero-order valence-electron chi connectivity index (χ0n) is 15.7. The molecule has 0 rings (SSSR count). The molecule has 0 aliphatic carbocycles. The molecule has 0 aliphatic rings. The van der Waals surface area contributed by atoms with Crippen LogP contribution in [0.1, 0.15) is 12.8 Å². The van der Waals surface area contributed by atoms with Crippen molar-refractivity contribution in [3.05, 3.63) is 0 Å². The van der Waals surface area contributed by atoms with E-state index in [1.807, 2.05) is 0 Å². The molecule has 22 heavy (non-hydrogen) atoms. The molecule has 0 saturated heterocycles. The summed E-state index contributed by atoms with van der Waals surface area (Å²) >= 11 is 0. The first-order chi connectivity index (χ1) is 9.94. The van der Waals surface area contributed by atoms with Crippen LogP contribution in [-0.4, -0.2) is 61.1 Å². The van der Waals surface area contributed by atoms with E-state index in [-0.39, 0.29) is 12.7 Å². The Bertz CT molecular complexity index is 289. The Morgan fingerprint density at radius 2 is 1.68 bits per heavy atom. The number of rotatable bonds is 12. The summed E-state index contributed by atoms with van der Waals surface area (Å²) in [5.74, 6) is 0. The number of aliphatic hydroxyl groups is 2. The van der Waals surface area contributed by atoms with Crippen molar-refractivity contribution in [2.45, 2.75) is 83.0 Å². The van der Waals surface area contributed by atoms with Crippen molar-refractivity contribution in [3.63, 3.8) is 0 Å². The van der Waals surface area contributed by atoms with Crippen molar-refractivity contribution in [3.8, 4) is 0 Å². The average molecular weight is 367 g/mol. The first-order valence-electron chi connectivity index (χ1n) is 8.53. The fourth-order valence-corrected chi connectivity index (χ4v) is 9.54. The minimum atomic E-state index is -1.41. The van der Waals surface area contributed by atoms with Crippen LogP contribution < -0.4 is 0 Å². The molecule has 7 heteroatoms. The number of aliphatic hydroxyl groups excluding tert-OH is 2. The second-order valence-electron chi connectivity index (χ2n) is 8.44. The zero-order chi connectivity index (χ0) is 17.4. The largest absolute Gasteiger partial charge is 0.458 e. The van der Waals surface area contributed by atoms with Crippen LogP contribution in [0.25, 0.3) is 0 Å². The summed E-state index contributed by atoms with van der Waals surface area (Å²) < 4.78 is 12.0. The molecule has 3 atom stereocenters. The normalized spacial score (nSPS) is 17.3. The molecule has 0 aromatic heterocycles. The van der Waals surface area contributed by atoms with Crippen LogP contribution in [0.4, 0.5) is 0 Å². The van der Waals surface area contributed by atoms with Crippen molar-refractivity contribution in [1.29, 1.82) is 0 Å². The van der Waals surface area contributed by atoms with E-state index in [9.17, 15) is 10.2 Å². The molecule has 0 aromatic rings. The Morgan fingerprint density at radius 1 is 1.09 bits per heavy atom. The summed E-state index contributed by atoms with van der Waals surface area (Å²) in [4.78, 5) is 0. The molecule has 2 N–H and O–H groups in total. The molecule has 0 radical (unpaired) electrons. The van der Waals surface area contributed by atoms with Crippen molar-refractivity contribution >= 4 is 25.4 Å². The number of ether oxygens (including phenoxy) is 1. The molecule has 0 bridgehead atoms. The van der Waals surface area contributed by atoms with Gasteiger partial charge >= 0.3 is 0 Å². The van der Waals surface area contributed by atoms with Crippen molar-refractivity contribution in [1.82, 2.24) is 0 Å². The van der Waals surface area contributed by atoms with Gasteiger partial charge in [-0.1, -0.05) is 25.7 Å². The molecule has 3 unspecified atom stereocenters. The first kappa shape index (κ1) is 22.5. The van der Waals surface area contributed by atoms with Gasteiger partial charge in [-0.3, -0.25) is 0 Å². The maximum Gasteiger partial charge on any atom is 0.170 e. The fraction of sp³-hybridized carbons (Fsp3) is 1.00. The topological polar surface area (TPSA) is 58.9 Å². The molecule has 134 valence electrons. The fourth-order valence-electron chi connectivity index (χ4n) is 2.35. The standard InChI is InChI=1S/C15H38O4Si3/c1-20(19-22(5,6)7)11-8-10-18-15(14(17)13-16)9-12-21(2,3)4/h14-17,20H,8-13H2,1-7H3. The highest BCUT2D eigenvalue weighted by Gasteiger charge is 2.23. The quantitative estimate of drug-likeness (QED) is 0.412. The summed E-state index contributed by atoms with van der Waals surface area (Å²) in [5, 5.41) is 19.1. The molecule has 0 spiro atoms. The van der Waals surface area contributed by atoms with Crippen molar-refractivity contribution in [2.75, 3.05) is 13.2 Å². The Hall–Kier alpha value is 0.491. The third-order valence-corrected chi connectivity index (χ3v) is 10.9. The average Bonchev–Trinajstić information content (AvgIpc) is 2.33. The molecule has 0 aliphatic heterocycles. The monoisotopic (exact) mass is 366 g/mol. The molecule has 0 fully saturated rings. The van der Waals surface area contributed by atoms with E-state index < -0.39 is 31.5 Å². The van der Waals surface area contributed by atoms with Gasteiger partial charge in [0.25, 0.3) is 0 Å². The van der Waals surface area contributed by atoms with E-state index in [1.165, 1.54) is 0 Å². The minimum Gasteiger partial charge on any atom is -0.458 e. The zero-order valence-corrected chi connectivity index (χ0v) is 18.8. The molecule has 0 saturated carbocycles. The highest BCUT2D eigenvalue weighted by atomic mass is 28.4. The van der Waals surface area contributed by atoms with E-state index in [1.54, 1.807) is 0 Å². The van der Waals surface area contributed by atoms with Crippen LogP contribution in [-0.2, 0) is 8.85 Å². The van der Waals surface area contributed by atoms with Crippen LogP contribution >= 0.6 is 0 Å².